The number of nitrogens with zero attached hydrogens (tertiary/aromatic N) is 6. The highest BCUT2D eigenvalue weighted by atomic mass is 19.3. The van der Waals surface area contributed by atoms with Crippen LogP contribution in [-0.4, -0.2) is 84.1 Å². The van der Waals surface area contributed by atoms with Crippen molar-refractivity contribution in [1.82, 2.24) is 24.8 Å². The van der Waals surface area contributed by atoms with Gasteiger partial charge in [-0.2, -0.15) is 9.97 Å². The summed E-state index contributed by atoms with van der Waals surface area (Å²) < 4.78 is 47.1. The Hall–Kier alpha value is -4.36. The third-order valence-electron chi connectivity index (χ3n) is 9.09. The first-order valence-corrected chi connectivity index (χ1v) is 16.4. The second kappa shape index (κ2) is 14.2. The van der Waals surface area contributed by atoms with Crippen molar-refractivity contribution in [1.29, 1.82) is 0 Å². The second-order valence-corrected chi connectivity index (χ2v) is 12.1. The van der Waals surface area contributed by atoms with Gasteiger partial charge in [0.1, 0.15) is 11.9 Å². The first-order valence-electron chi connectivity index (χ1n) is 16.4. The van der Waals surface area contributed by atoms with Gasteiger partial charge in [-0.25, -0.2) is 13.8 Å². The largest absolute Gasteiger partial charge is 0.474 e. The Morgan fingerprint density at radius 1 is 0.872 bits per heavy atom. The summed E-state index contributed by atoms with van der Waals surface area (Å²) in [5, 5.41) is 3.11. The van der Waals surface area contributed by atoms with E-state index in [2.05, 4.69) is 39.5 Å². The molecule has 2 saturated heterocycles. The SMILES string of the molecule is O=C(NCc1ccc(N2CCOCC2)cc1)[C@H]1CC[C@H](Oc2cc(-n3c(C(F)F)nc4ccccc43)nc(N3CCOCC3)n2)CC1. The summed E-state index contributed by atoms with van der Waals surface area (Å²) in [5.74, 6) is 0.534. The standard InChI is InChI=1S/C34H39F2N7O4/c35-31(36)32-38-27-3-1-2-4-28(27)43(32)29-21-30(40-34(39-29)42-15-19-46-20-16-42)47-26-11-7-24(8-12-26)33(44)37-22-23-5-9-25(10-6-23)41-13-17-45-18-14-41/h1-6,9-10,21,24,26,31H,7-8,11-20,22H2,(H,37,44)/t24-,26-. The number of carbonyl (C=O) groups is 1. The average Bonchev–Trinajstić information content (AvgIpc) is 3.52. The van der Waals surface area contributed by atoms with Gasteiger partial charge in [0.2, 0.25) is 17.7 Å². The maximum Gasteiger partial charge on any atom is 0.296 e. The quantitative estimate of drug-likeness (QED) is 0.277. The minimum absolute atomic E-state index is 0.0474. The highest BCUT2D eigenvalue weighted by molar-refractivity contribution is 5.79. The number of amides is 1. The third kappa shape index (κ3) is 7.15. The van der Waals surface area contributed by atoms with Gasteiger partial charge in [-0.15, -0.1) is 0 Å². The van der Waals surface area contributed by atoms with Crippen molar-refractivity contribution in [2.75, 3.05) is 62.4 Å². The van der Waals surface area contributed by atoms with Gasteiger partial charge in [0.15, 0.2) is 5.82 Å². The van der Waals surface area contributed by atoms with Crippen LogP contribution in [-0.2, 0) is 20.8 Å². The molecule has 0 spiro atoms. The van der Waals surface area contributed by atoms with E-state index in [-0.39, 0.29) is 29.6 Å². The van der Waals surface area contributed by atoms with Crippen LogP contribution in [0.4, 0.5) is 20.4 Å². The number of hydrogen-bond donors (Lipinski definition) is 1. The van der Waals surface area contributed by atoms with Gasteiger partial charge in [0, 0.05) is 50.4 Å². The van der Waals surface area contributed by atoms with Gasteiger partial charge >= 0.3 is 0 Å². The number of para-hydroxylation sites is 2. The van der Waals surface area contributed by atoms with E-state index in [1.807, 2.05) is 4.90 Å². The number of morpholine rings is 2. The van der Waals surface area contributed by atoms with Gasteiger partial charge in [0.25, 0.3) is 6.43 Å². The van der Waals surface area contributed by atoms with Gasteiger partial charge < -0.3 is 29.3 Å². The molecular weight excluding hydrogens is 608 g/mol. The van der Waals surface area contributed by atoms with Crippen LogP contribution in [0, 0.1) is 5.92 Å². The minimum atomic E-state index is -2.80. The summed E-state index contributed by atoms with van der Waals surface area (Å²) in [6.07, 6.45) is -0.250. The third-order valence-corrected chi connectivity index (χ3v) is 9.09. The van der Waals surface area contributed by atoms with Crippen LogP contribution in [0.25, 0.3) is 16.9 Å². The van der Waals surface area contributed by atoms with Crippen LogP contribution in [0.5, 0.6) is 5.88 Å². The van der Waals surface area contributed by atoms with Gasteiger partial charge in [-0.1, -0.05) is 24.3 Å². The molecule has 1 aliphatic carbocycles. The van der Waals surface area contributed by atoms with Crippen molar-refractivity contribution in [3.63, 3.8) is 0 Å². The molecule has 13 heteroatoms. The van der Waals surface area contributed by atoms with Gasteiger partial charge in [0.05, 0.1) is 37.5 Å². The number of carbonyl (C=O) groups excluding carboxylic acids is 1. The molecule has 11 nitrogen and oxygen atoms in total. The highest BCUT2D eigenvalue weighted by Gasteiger charge is 2.29. The lowest BCUT2D eigenvalue weighted by molar-refractivity contribution is -0.126. The molecule has 7 rings (SSSR count). The maximum atomic E-state index is 14.2. The molecule has 0 unspecified atom stereocenters. The predicted octanol–water partition coefficient (Wildman–Crippen LogP) is 4.68. The molecule has 4 heterocycles. The van der Waals surface area contributed by atoms with E-state index in [1.54, 1.807) is 30.3 Å². The van der Waals surface area contributed by atoms with Crippen molar-refractivity contribution in [3.05, 3.63) is 66.0 Å². The summed E-state index contributed by atoms with van der Waals surface area (Å²) in [7, 11) is 0. The Morgan fingerprint density at radius 3 is 2.26 bits per heavy atom. The number of benzene rings is 2. The molecule has 2 aromatic heterocycles. The maximum absolute atomic E-state index is 14.2. The van der Waals surface area contributed by atoms with Crippen molar-refractivity contribution in [2.24, 2.45) is 5.92 Å². The summed E-state index contributed by atoms with van der Waals surface area (Å²) in [6.45, 7) is 5.93. The fourth-order valence-electron chi connectivity index (χ4n) is 6.51. The molecule has 2 aliphatic heterocycles. The summed E-state index contributed by atoms with van der Waals surface area (Å²) in [4.78, 5) is 30.9. The lowest BCUT2D eigenvalue weighted by Crippen LogP contribution is -2.37. The summed E-state index contributed by atoms with van der Waals surface area (Å²) in [6, 6.07) is 16.9. The van der Waals surface area contributed by atoms with Crippen LogP contribution in [0.3, 0.4) is 0 Å². The number of alkyl halides is 2. The van der Waals surface area contributed by atoms with E-state index >= 15 is 0 Å². The smallest absolute Gasteiger partial charge is 0.296 e. The second-order valence-electron chi connectivity index (χ2n) is 12.1. The monoisotopic (exact) mass is 647 g/mol. The molecule has 248 valence electrons. The number of imidazole rings is 1. The zero-order valence-corrected chi connectivity index (χ0v) is 26.2. The molecule has 3 fully saturated rings. The molecule has 1 saturated carbocycles. The highest BCUT2D eigenvalue weighted by Crippen LogP contribution is 2.32. The number of rotatable bonds is 9. The van der Waals surface area contributed by atoms with E-state index in [1.165, 1.54) is 10.3 Å². The Balaban J connectivity index is 1.01. The number of fused-ring (bicyclic) bond motifs is 1. The van der Waals surface area contributed by atoms with Crippen LogP contribution >= 0.6 is 0 Å². The first-order chi connectivity index (χ1) is 23.0. The van der Waals surface area contributed by atoms with Gasteiger partial charge in [-0.05, 0) is 55.5 Å². The molecule has 3 aliphatic rings. The van der Waals surface area contributed by atoms with E-state index in [9.17, 15) is 13.6 Å². The number of hydrogen-bond acceptors (Lipinski definition) is 9. The molecular formula is C34H39F2N7O4. The Morgan fingerprint density at radius 2 is 1.55 bits per heavy atom. The van der Waals surface area contributed by atoms with E-state index in [0.717, 1.165) is 31.9 Å². The van der Waals surface area contributed by atoms with Crippen molar-refractivity contribution < 1.29 is 27.8 Å². The van der Waals surface area contributed by atoms with Crippen LogP contribution in [0.2, 0.25) is 0 Å². The first kappa shape index (κ1) is 31.3. The van der Waals surface area contributed by atoms with Crippen molar-refractivity contribution >= 4 is 28.6 Å². The molecule has 0 radical (unpaired) electrons. The zero-order chi connectivity index (χ0) is 32.2. The van der Waals surface area contributed by atoms with Gasteiger partial charge in [-0.3, -0.25) is 9.36 Å². The molecule has 1 amide bonds. The molecule has 4 aromatic rings. The van der Waals surface area contributed by atoms with Crippen molar-refractivity contribution in [2.45, 2.75) is 44.8 Å². The zero-order valence-electron chi connectivity index (χ0n) is 26.2. The number of anilines is 2. The number of halogens is 2. The summed E-state index contributed by atoms with van der Waals surface area (Å²) in [5.41, 5.74) is 3.21. The Bertz CT molecular complexity index is 1670. The lowest BCUT2D eigenvalue weighted by atomic mass is 9.86. The average molecular weight is 648 g/mol. The van der Waals surface area contributed by atoms with Crippen LogP contribution in [0.15, 0.2) is 54.6 Å². The lowest BCUT2D eigenvalue weighted by Gasteiger charge is -2.30. The normalized spacial score (nSPS) is 20.5. The fraction of sp³-hybridized carbons (Fsp3) is 0.471. The molecule has 47 heavy (non-hydrogen) atoms. The van der Waals surface area contributed by atoms with Crippen LogP contribution in [0.1, 0.15) is 43.5 Å². The number of aromatic nitrogens is 4. The van der Waals surface area contributed by atoms with E-state index < -0.39 is 6.43 Å². The molecule has 0 bridgehead atoms. The molecule has 1 N–H and O–H groups in total. The minimum Gasteiger partial charge on any atom is -0.474 e. The predicted molar refractivity (Wildman–Crippen MR) is 172 cm³/mol. The van der Waals surface area contributed by atoms with Crippen LogP contribution < -0.4 is 19.9 Å². The molecule has 2 aromatic carbocycles. The van der Waals surface area contributed by atoms with E-state index in [4.69, 9.17) is 24.2 Å². The summed E-state index contributed by atoms with van der Waals surface area (Å²) >= 11 is 0. The van der Waals surface area contributed by atoms with E-state index in [0.29, 0.717) is 81.4 Å². The Kier molecular flexibility index (Phi) is 9.43. The molecule has 0 atom stereocenters. The number of ether oxygens (including phenoxy) is 3. The van der Waals surface area contributed by atoms with Crippen molar-refractivity contribution in [3.8, 4) is 11.7 Å². The topological polar surface area (TPSA) is 107 Å². The fourth-order valence-corrected chi connectivity index (χ4v) is 6.51. The Labute approximate surface area is 271 Å². The number of nitrogens with one attached hydrogen (secondary N) is 1.